The Balaban J connectivity index is 1.92. The maximum atomic E-state index is 6.09. The van der Waals surface area contributed by atoms with Gasteiger partial charge < -0.3 is 5.32 Å². The molecule has 3 heteroatoms. The van der Waals surface area contributed by atoms with E-state index in [2.05, 4.69) is 29.4 Å². The number of aromatic nitrogens is 1. The van der Waals surface area contributed by atoms with E-state index in [1.165, 1.54) is 11.1 Å². The largest absolute Gasteiger partial charge is 0.307 e. The van der Waals surface area contributed by atoms with E-state index in [1.807, 2.05) is 31.3 Å². The lowest BCUT2D eigenvalue weighted by atomic mass is 10.1. The second kappa shape index (κ2) is 5.98. The molecule has 94 valence electrons. The highest BCUT2D eigenvalue weighted by atomic mass is 35.5. The van der Waals surface area contributed by atoms with E-state index >= 15 is 0 Å². The van der Waals surface area contributed by atoms with Gasteiger partial charge in [-0.2, -0.15) is 0 Å². The lowest BCUT2D eigenvalue weighted by Crippen LogP contribution is -2.14. The molecule has 0 radical (unpaired) electrons. The fourth-order valence-corrected chi connectivity index (χ4v) is 1.98. The SMILES string of the molecule is Cc1ccc(CNCc2ncccc2C)cc1Cl. The first-order chi connectivity index (χ1) is 8.66. The topological polar surface area (TPSA) is 24.9 Å². The molecule has 0 aliphatic heterocycles. The van der Waals surface area contributed by atoms with Gasteiger partial charge in [-0.1, -0.05) is 29.8 Å². The highest BCUT2D eigenvalue weighted by molar-refractivity contribution is 6.31. The van der Waals surface area contributed by atoms with Crippen molar-refractivity contribution < 1.29 is 0 Å². The van der Waals surface area contributed by atoms with E-state index in [9.17, 15) is 0 Å². The van der Waals surface area contributed by atoms with Gasteiger partial charge in [-0.3, -0.25) is 4.98 Å². The standard InChI is InChI=1S/C15H17ClN2/c1-11-5-6-13(8-14(11)16)9-17-10-15-12(2)4-3-7-18-15/h3-8,17H,9-10H2,1-2H3. The predicted molar refractivity (Wildman–Crippen MR) is 75.7 cm³/mol. The average Bonchev–Trinajstić information content (AvgIpc) is 2.36. The molecule has 0 unspecified atom stereocenters. The predicted octanol–water partition coefficient (Wildman–Crippen LogP) is 3.64. The van der Waals surface area contributed by atoms with Gasteiger partial charge in [0.25, 0.3) is 0 Å². The molecule has 0 fully saturated rings. The molecular formula is C15H17ClN2. The molecule has 0 aliphatic rings. The molecule has 1 aromatic carbocycles. The minimum atomic E-state index is 0.776. The van der Waals surface area contributed by atoms with Crippen molar-refractivity contribution >= 4 is 11.6 Å². The Morgan fingerprint density at radius 1 is 1.11 bits per heavy atom. The van der Waals surface area contributed by atoms with E-state index in [0.29, 0.717) is 0 Å². The Morgan fingerprint density at radius 3 is 2.67 bits per heavy atom. The number of halogens is 1. The zero-order valence-electron chi connectivity index (χ0n) is 10.7. The lowest BCUT2D eigenvalue weighted by Gasteiger charge is -2.08. The third-order valence-corrected chi connectivity index (χ3v) is 3.38. The van der Waals surface area contributed by atoms with Crippen LogP contribution in [-0.2, 0) is 13.1 Å². The smallest absolute Gasteiger partial charge is 0.0570 e. The molecule has 2 nitrogen and oxygen atoms in total. The molecular weight excluding hydrogens is 244 g/mol. The van der Waals surface area contributed by atoms with Crippen LogP contribution in [0, 0.1) is 13.8 Å². The Hall–Kier alpha value is -1.38. The Kier molecular flexibility index (Phi) is 4.34. The zero-order chi connectivity index (χ0) is 13.0. The van der Waals surface area contributed by atoms with Gasteiger partial charge in [-0.15, -0.1) is 0 Å². The second-order valence-corrected chi connectivity index (χ2v) is 4.86. The zero-order valence-corrected chi connectivity index (χ0v) is 11.5. The molecule has 1 heterocycles. The number of pyridine rings is 1. The van der Waals surface area contributed by atoms with Crippen LogP contribution < -0.4 is 5.32 Å². The normalized spacial score (nSPS) is 10.6. The van der Waals surface area contributed by atoms with Crippen LogP contribution in [0.25, 0.3) is 0 Å². The van der Waals surface area contributed by atoms with E-state index in [1.54, 1.807) is 0 Å². The number of nitrogens with one attached hydrogen (secondary N) is 1. The third kappa shape index (κ3) is 3.31. The first-order valence-electron chi connectivity index (χ1n) is 6.03. The maximum Gasteiger partial charge on any atom is 0.0570 e. The summed E-state index contributed by atoms with van der Waals surface area (Å²) in [6.07, 6.45) is 1.83. The van der Waals surface area contributed by atoms with Crippen molar-refractivity contribution in [2.24, 2.45) is 0 Å². The molecule has 2 rings (SSSR count). The van der Waals surface area contributed by atoms with Crippen LogP contribution in [-0.4, -0.2) is 4.98 Å². The van der Waals surface area contributed by atoms with Gasteiger partial charge >= 0.3 is 0 Å². The van der Waals surface area contributed by atoms with Crippen LogP contribution in [0.2, 0.25) is 5.02 Å². The van der Waals surface area contributed by atoms with Crippen molar-refractivity contribution in [3.8, 4) is 0 Å². The minimum absolute atomic E-state index is 0.776. The monoisotopic (exact) mass is 260 g/mol. The van der Waals surface area contributed by atoms with Gasteiger partial charge in [0.1, 0.15) is 0 Å². The first-order valence-corrected chi connectivity index (χ1v) is 6.41. The molecule has 2 aromatic rings. The van der Waals surface area contributed by atoms with Crippen LogP contribution in [0.15, 0.2) is 36.5 Å². The molecule has 0 spiro atoms. The van der Waals surface area contributed by atoms with E-state index in [0.717, 1.165) is 29.4 Å². The molecule has 0 saturated heterocycles. The summed E-state index contributed by atoms with van der Waals surface area (Å²) in [5.41, 5.74) is 4.61. The van der Waals surface area contributed by atoms with Crippen molar-refractivity contribution in [1.29, 1.82) is 0 Å². The molecule has 0 saturated carbocycles. The number of benzene rings is 1. The fourth-order valence-electron chi connectivity index (χ4n) is 1.78. The summed E-state index contributed by atoms with van der Waals surface area (Å²) in [7, 11) is 0. The summed E-state index contributed by atoms with van der Waals surface area (Å²) < 4.78 is 0. The van der Waals surface area contributed by atoms with Crippen molar-refractivity contribution in [3.05, 3.63) is 63.9 Å². The quantitative estimate of drug-likeness (QED) is 0.908. The van der Waals surface area contributed by atoms with Gasteiger partial charge in [0.05, 0.1) is 5.69 Å². The van der Waals surface area contributed by atoms with Crippen molar-refractivity contribution in [2.75, 3.05) is 0 Å². The van der Waals surface area contributed by atoms with Crippen molar-refractivity contribution in [2.45, 2.75) is 26.9 Å². The Morgan fingerprint density at radius 2 is 1.94 bits per heavy atom. The average molecular weight is 261 g/mol. The minimum Gasteiger partial charge on any atom is -0.307 e. The molecule has 1 N–H and O–H groups in total. The van der Waals surface area contributed by atoms with Gasteiger partial charge in [0.15, 0.2) is 0 Å². The summed E-state index contributed by atoms with van der Waals surface area (Å²) in [4.78, 5) is 4.35. The van der Waals surface area contributed by atoms with Gasteiger partial charge in [-0.05, 0) is 42.7 Å². The van der Waals surface area contributed by atoms with E-state index in [-0.39, 0.29) is 0 Å². The van der Waals surface area contributed by atoms with E-state index in [4.69, 9.17) is 11.6 Å². The molecule has 0 bridgehead atoms. The Labute approximate surface area is 113 Å². The number of nitrogens with zero attached hydrogens (tertiary/aromatic N) is 1. The number of hydrogen-bond donors (Lipinski definition) is 1. The molecule has 18 heavy (non-hydrogen) atoms. The highest BCUT2D eigenvalue weighted by Crippen LogP contribution is 2.16. The molecule has 1 aromatic heterocycles. The summed E-state index contributed by atoms with van der Waals surface area (Å²) >= 11 is 6.09. The summed E-state index contributed by atoms with van der Waals surface area (Å²) in [5.74, 6) is 0. The van der Waals surface area contributed by atoms with Crippen LogP contribution >= 0.6 is 11.6 Å². The summed E-state index contributed by atoms with van der Waals surface area (Å²) in [6.45, 7) is 5.66. The fraction of sp³-hybridized carbons (Fsp3) is 0.267. The van der Waals surface area contributed by atoms with Crippen molar-refractivity contribution in [1.82, 2.24) is 10.3 Å². The number of hydrogen-bond acceptors (Lipinski definition) is 2. The molecule has 0 amide bonds. The number of aryl methyl sites for hydroxylation is 2. The van der Waals surface area contributed by atoms with Crippen LogP contribution in [0.4, 0.5) is 0 Å². The lowest BCUT2D eigenvalue weighted by molar-refractivity contribution is 0.676. The highest BCUT2D eigenvalue weighted by Gasteiger charge is 2.00. The van der Waals surface area contributed by atoms with Crippen LogP contribution in [0.5, 0.6) is 0 Å². The summed E-state index contributed by atoms with van der Waals surface area (Å²) in [6, 6.07) is 10.2. The summed E-state index contributed by atoms with van der Waals surface area (Å²) in [5, 5.41) is 4.21. The first kappa shape index (κ1) is 13.1. The van der Waals surface area contributed by atoms with Crippen molar-refractivity contribution in [3.63, 3.8) is 0 Å². The third-order valence-electron chi connectivity index (χ3n) is 2.98. The number of rotatable bonds is 4. The Bertz CT molecular complexity index is 538. The van der Waals surface area contributed by atoms with Gasteiger partial charge in [-0.25, -0.2) is 0 Å². The van der Waals surface area contributed by atoms with Crippen LogP contribution in [0.1, 0.15) is 22.4 Å². The second-order valence-electron chi connectivity index (χ2n) is 4.45. The molecule has 0 atom stereocenters. The van der Waals surface area contributed by atoms with Gasteiger partial charge in [0, 0.05) is 24.3 Å². The van der Waals surface area contributed by atoms with E-state index < -0.39 is 0 Å². The van der Waals surface area contributed by atoms with Crippen LogP contribution in [0.3, 0.4) is 0 Å². The maximum absolute atomic E-state index is 6.09. The van der Waals surface area contributed by atoms with Gasteiger partial charge in [0.2, 0.25) is 0 Å². The molecule has 0 aliphatic carbocycles.